The molecule has 0 aromatic carbocycles. The van der Waals surface area contributed by atoms with Gasteiger partial charge in [0.15, 0.2) is 0 Å². The molecule has 0 N–H and O–H groups in total. The Morgan fingerprint density at radius 1 is 1.37 bits per heavy atom. The topological polar surface area (TPSA) is 38.2 Å². The molecule has 5 heteroatoms. The Hall–Kier alpha value is -0.840. The number of aryl methyl sites for hydroxylation is 1. The van der Waals surface area contributed by atoms with Crippen molar-refractivity contribution >= 4 is 21.9 Å². The van der Waals surface area contributed by atoms with Crippen LogP contribution < -0.4 is 9.64 Å². The molecule has 4 nitrogen and oxygen atoms in total. The van der Waals surface area contributed by atoms with E-state index in [1.54, 1.807) is 0 Å². The van der Waals surface area contributed by atoms with E-state index in [4.69, 9.17) is 4.74 Å². The molecular formula is C14H22BrN3O. The Bertz CT molecular complexity index is 427. The van der Waals surface area contributed by atoms with Crippen molar-refractivity contribution in [2.45, 2.75) is 50.4 Å². The number of hydrogen-bond acceptors (Lipinski definition) is 4. The highest BCUT2D eigenvalue weighted by Gasteiger charge is 2.28. The van der Waals surface area contributed by atoms with Crippen LogP contribution in [0.25, 0.3) is 0 Å². The highest BCUT2D eigenvalue weighted by atomic mass is 79.9. The molecule has 1 aromatic heterocycles. The maximum absolute atomic E-state index is 5.50. The van der Waals surface area contributed by atoms with Gasteiger partial charge in [-0.1, -0.05) is 28.8 Å². The fourth-order valence-corrected chi connectivity index (χ4v) is 3.50. The number of nitrogens with zero attached hydrogens (tertiary/aromatic N) is 3. The normalized spacial score (nSPS) is 23.2. The lowest BCUT2D eigenvalue weighted by Crippen LogP contribution is -2.41. The number of anilines is 1. The van der Waals surface area contributed by atoms with Crippen LogP contribution in [0.1, 0.15) is 38.3 Å². The van der Waals surface area contributed by atoms with Crippen LogP contribution in [0.2, 0.25) is 0 Å². The second-order valence-corrected chi connectivity index (χ2v) is 6.24. The predicted octanol–water partition coefficient (Wildman–Crippen LogP) is 3.33. The Kier molecular flexibility index (Phi) is 5.02. The van der Waals surface area contributed by atoms with Gasteiger partial charge >= 0.3 is 0 Å². The lowest BCUT2D eigenvalue weighted by Gasteiger charge is -2.35. The molecule has 0 amide bonds. The molecule has 0 bridgehead atoms. The largest absolute Gasteiger partial charge is 0.478 e. The lowest BCUT2D eigenvalue weighted by atomic mass is 9.94. The van der Waals surface area contributed by atoms with Crippen LogP contribution in [-0.4, -0.2) is 34.5 Å². The Morgan fingerprint density at radius 3 is 2.79 bits per heavy atom. The molecule has 0 radical (unpaired) electrons. The number of alkyl halides is 1. The Balaban J connectivity index is 2.19. The first-order valence-electron chi connectivity index (χ1n) is 6.97. The quantitative estimate of drug-likeness (QED) is 0.795. The zero-order chi connectivity index (χ0) is 13.8. The minimum atomic E-state index is 0.463. The van der Waals surface area contributed by atoms with E-state index in [2.05, 4.69) is 37.8 Å². The first kappa shape index (κ1) is 14.6. The summed E-state index contributed by atoms with van der Waals surface area (Å²) in [5.41, 5.74) is 0.947. The van der Waals surface area contributed by atoms with Gasteiger partial charge in [-0.15, -0.1) is 0 Å². The fourth-order valence-electron chi connectivity index (χ4n) is 2.55. The van der Waals surface area contributed by atoms with E-state index in [1.165, 1.54) is 25.7 Å². The van der Waals surface area contributed by atoms with Crippen LogP contribution in [0, 0.1) is 6.92 Å². The van der Waals surface area contributed by atoms with E-state index >= 15 is 0 Å². The van der Waals surface area contributed by atoms with Crippen LogP contribution in [-0.2, 0) is 0 Å². The molecule has 2 rings (SSSR count). The fraction of sp³-hybridized carbons (Fsp3) is 0.714. The smallest absolute Gasteiger partial charge is 0.228 e. The van der Waals surface area contributed by atoms with Gasteiger partial charge in [-0.05, 0) is 26.7 Å². The van der Waals surface area contributed by atoms with Crippen LogP contribution in [0.15, 0.2) is 6.07 Å². The molecule has 0 spiro atoms. The van der Waals surface area contributed by atoms with Crippen molar-refractivity contribution < 1.29 is 4.74 Å². The SMILES string of the molecule is CCOc1cc(C)nc(N(C)C2CCCCC2Br)n1. The first-order chi connectivity index (χ1) is 9.11. The molecule has 19 heavy (non-hydrogen) atoms. The lowest BCUT2D eigenvalue weighted by molar-refractivity contribution is 0.325. The number of rotatable bonds is 4. The van der Waals surface area contributed by atoms with E-state index in [-0.39, 0.29) is 0 Å². The summed E-state index contributed by atoms with van der Waals surface area (Å²) in [4.78, 5) is 11.8. The molecule has 0 aliphatic heterocycles. The van der Waals surface area contributed by atoms with Crippen molar-refractivity contribution in [2.75, 3.05) is 18.6 Å². The number of aromatic nitrogens is 2. The molecule has 1 fully saturated rings. The third-order valence-electron chi connectivity index (χ3n) is 3.57. The molecule has 0 saturated heterocycles. The molecule has 1 aliphatic rings. The van der Waals surface area contributed by atoms with Crippen molar-refractivity contribution in [2.24, 2.45) is 0 Å². The van der Waals surface area contributed by atoms with Gasteiger partial charge < -0.3 is 9.64 Å². The summed E-state index contributed by atoms with van der Waals surface area (Å²) in [6, 6.07) is 2.35. The van der Waals surface area contributed by atoms with Crippen molar-refractivity contribution in [1.82, 2.24) is 9.97 Å². The van der Waals surface area contributed by atoms with Crippen LogP contribution >= 0.6 is 15.9 Å². The summed E-state index contributed by atoms with van der Waals surface area (Å²) >= 11 is 3.79. The van der Waals surface area contributed by atoms with Crippen LogP contribution in [0.4, 0.5) is 5.95 Å². The van der Waals surface area contributed by atoms with Gasteiger partial charge in [0.25, 0.3) is 0 Å². The first-order valence-corrected chi connectivity index (χ1v) is 7.88. The summed E-state index contributed by atoms with van der Waals surface area (Å²) in [6.07, 6.45) is 4.99. The summed E-state index contributed by atoms with van der Waals surface area (Å²) in [7, 11) is 2.08. The van der Waals surface area contributed by atoms with Crippen molar-refractivity contribution in [1.29, 1.82) is 0 Å². The Morgan fingerprint density at radius 2 is 2.11 bits per heavy atom. The third-order valence-corrected chi connectivity index (χ3v) is 4.64. The second kappa shape index (κ2) is 6.55. The van der Waals surface area contributed by atoms with Crippen LogP contribution in [0.3, 0.4) is 0 Å². The average Bonchev–Trinajstić information content (AvgIpc) is 2.38. The van der Waals surface area contributed by atoms with Gasteiger partial charge in [0.1, 0.15) is 0 Å². The van der Waals surface area contributed by atoms with Gasteiger partial charge in [-0.2, -0.15) is 4.98 Å². The van der Waals surface area contributed by atoms with Gasteiger partial charge in [0.05, 0.1) is 6.61 Å². The summed E-state index contributed by atoms with van der Waals surface area (Å²) < 4.78 is 5.50. The maximum atomic E-state index is 5.50. The summed E-state index contributed by atoms with van der Waals surface area (Å²) in [5, 5.41) is 0. The monoisotopic (exact) mass is 327 g/mol. The van der Waals surface area contributed by atoms with Gasteiger partial charge in [-0.3, -0.25) is 0 Å². The van der Waals surface area contributed by atoms with Gasteiger partial charge in [-0.25, -0.2) is 4.98 Å². The van der Waals surface area contributed by atoms with Crippen LogP contribution in [0.5, 0.6) is 5.88 Å². The van der Waals surface area contributed by atoms with Crippen molar-refractivity contribution in [3.63, 3.8) is 0 Å². The zero-order valence-corrected chi connectivity index (χ0v) is 13.5. The standard InChI is InChI=1S/C14H22BrN3O/c1-4-19-13-9-10(2)16-14(17-13)18(3)12-8-6-5-7-11(12)15/h9,11-12H,4-8H2,1-3H3. The molecule has 1 saturated carbocycles. The van der Waals surface area contributed by atoms with E-state index in [0.717, 1.165) is 11.6 Å². The highest BCUT2D eigenvalue weighted by molar-refractivity contribution is 9.09. The number of ether oxygens (including phenoxy) is 1. The molecule has 2 unspecified atom stereocenters. The highest BCUT2D eigenvalue weighted by Crippen LogP contribution is 2.30. The Labute approximate surface area is 123 Å². The van der Waals surface area contributed by atoms with E-state index in [9.17, 15) is 0 Å². The molecular weight excluding hydrogens is 306 g/mol. The average molecular weight is 328 g/mol. The molecule has 1 aliphatic carbocycles. The molecule has 1 aromatic rings. The van der Waals surface area contributed by atoms with E-state index in [1.807, 2.05) is 19.9 Å². The van der Waals surface area contributed by atoms with Crippen molar-refractivity contribution in [3.05, 3.63) is 11.8 Å². The minimum absolute atomic E-state index is 0.463. The van der Waals surface area contributed by atoms with E-state index in [0.29, 0.717) is 23.4 Å². The summed E-state index contributed by atoms with van der Waals surface area (Å²) in [6.45, 7) is 4.58. The minimum Gasteiger partial charge on any atom is -0.478 e. The predicted molar refractivity (Wildman–Crippen MR) is 81.3 cm³/mol. The van der Waals surface area contributed by atoms with E-state index < -0.39 is 0 Å². The maximum Gasteiger partial charge on any atom is 0.228 e. The molecule has 1 heterocycles. The summed E-state index contributed by atoms with van der Waals surface area (Å²) in [5.74, 6) is 1.43. The third kappa shape index (κ3) is 3.59. The zero-order valence-electron chi connectivity index (χ0n) is 11.9. The number of hydrogen-bond donors (Lipinski definition) is 0. The molecule has 106 valence electrons. The van der Waals surface area contributed by atoms with Gasteiger partial charge in [0.2, 0.25) is 11.8 Å². The number of halogens is 1. The molecule has 2 atom stereocenters. The van der Waals surface area contributed by atoms with Crippen molar-refractivity contribution in [3.8, 4) is 5.88 Å². The second-order valence-electron chi connectivity index (χ2n) is 5.06. The van der Waals surface area contributed by atoms with Gasteiger partial charge in [0, 0.05) is 29.7 Å².